The van der Waals surface area contributed by atoms with E-state index in [0.29, 0.717) is 18.0 Å². The molecule has 0 heterocycles. The van der Waals surface area contributed by atoms with Gasteiger partial charge in [-0.2, -0.15) is 4.31 Å². The van der Waals surface area contributed by atoms with Gasteiger partial charge < -0.3 is 5.32 Å². The lowest BCUT2D eigenvalue weighted by atomic mass is 10.1. The molecule has 0 saturated carbocycles. The van der Waals surface area contributed by atoms with Gasteiger partial charge in [0.25, 0.3) is 0 Å². The molecule has 1 N–H and O–H groups in total. The molecular weight excluding hydrogens is 284 g/mol. The van der Waals surface area contributed by atoms with E-state index in [1.54, 1.807) is 16.4 Å². The van der Waals surface area contributed by atoms with Crippen LogP contribution >= 0.6 is 0 Å². The molecule has 0 saturated heterocycles. The molecule has 0 amide bonds. The zero-order valence-corrected chi connectivity index (χ0v) is 14.4. The molecule has 0 spiro atoms. The van der Waals surface area contributed by atoms with Crippen LogP contribution in [0.4, 0.5) is 0 Å². The highest BCUT2D eigenvalue weighted by Crippen LogP contribution is 2.22. The molecule has 0 aliphatic heterocycles. The normalized spacial score (nSPS) is 13.6. The van der Waals surface area contributed by atoms with Gasteiger partial charge in [-0.05, 0) is 37.6 Å². The van der Waals surface area contributed by atoms with Crippen molar-refractivity contribution in [1.82, 2.24) is 9.62 Å². The van der Waals surface area contributed by atoms with Crippen LogP contribution in [0, 0.1) is 0 Å². The highest BCUT2D eigenvalue weighted by Gasteiger charge is 2.23. The van der Waals surface area contributed by atoms with Gasteiger partial charge in [-0.1, -0.05) is 39.3 Å². The minimum absolute atomic E-state index is 0.186. The van der Waals surface area contributed by atoms with Crippen molar-refractivity contribution in [3.63, 3.8) is 0 Å². The van der Waals surface area contributed by atoms with Crippen LogP contribution in [0.25, 0.3) is 0 Å². The average Bonchev–Trinajstić information content (AvgIpc) is 2.49. The molecule has 0 fully saturated rings. The van der Waals surface area contributed by atoms with Crippen molar-refractivity contribution in [3.8, 4) is 0 Å². The molecule has 0 bridgehead atoms. The molecule has 1 rings (SSSR count). The summed E-state index contributed by atoms with van der Waals surface area (Å²) in [5, 5.41) is 3.22. The Hall–Kier alpha value is -0.910. The molecule has 0 radical (unpaired) electrons. The minimum Gasteiger partial charge on any atom is -0.313 e. The number of hydrogen-bond donors (Lipinski definition) is 1. The van der Waals surface area contributed by atoms with E-state index < -0.39 is 10.0 Å². The molecule has 0 aliphatic rings. The van der Waals surface area contributed by atoms with E-state index in [2.05, 4.69) is 19.2 Å². The largest absolute Gasteiger partial charge is 0.313 e. The molecule has 21 heavy (non-hydrogen) atoms. The number of sulfonamides is 1. The van der Waals surface area contributed by atoms with E-state index in [1.807, 2.05) is 26.1 Å². The summed E-state index contributed by atoms with van der Waals surface area (Å²) in [6, 6.07) is 7.48. The van der Waals surface area contributed by atoms with Gasteiger partial charge >= 0.3 is 0 Å². The van der Waals surface area contributed by atoms with Gasteiger partial charge in [0.15, 0.2) is 0 Å². The number of rotatable bonds is 9. The summed E-state index contributed by atoms with van der Waals surface area (Å²) in [5.74, 6) is 0. The number of hydrogen-bond acceptors (Lipinski definition) is 3. The Morgan fingerprint density at radius 3 is 2.48 bits per heavy atom. The van der Waals surface area contributed by atoms with Gasteiger partial charge in [0.2, 0.25) is 10.0 Å². The fraction of sp³-hybridized carbons (Fsp3) is 0.625. The van der Waals surface area contributed by atoms with Gasteiger partial charge in [0.1, 0.15) is 0 Å². The predicted octanol–water partition coefficient (Wildman–Crippen LogP) is 3.17. The van der Waals surface area contributed by atoms with Crippen molar-refractivity contribution in [2.75, 3.05) is 20.1 Å². The van der Waals surface area contributed by atoms with E-state index in [0.717, 1.165) is 24.8 Å². The molecule has 1 aromatic carbocycles. The second-order valence-corrected chi connectivity index (χ2v) is 7.11. The van der Waals surface area contributed by atoms with Crippen molar-refractivity contribution in [1.29, 1.82) is 0 Å². The molecule has 4 nitrogen and oxygen atoms in total. The van der Waals surface area contributed by atoms with Gasteiger partial charge in [-0.3, -0.25) is 0 Å². The topological polar surface area (TPSA) is 49.4 Å². The summed E-state index contributed by atoms with van der Waals surface area (Å²) in [5.41, 5.74) is 1.02. The summed E-state index contributed by atoms with van der Waals surface area (Å²) in [6.45, 7) is 7.14. The van der Waals surface area contributed by atoms with E-state index in [9.17, 15) is 8.42 Å². The van der Waals surface area contributed by atoms with Gasteiger partial charge in [0.05, 0.1) is 4.90 Å². The van der Waals surface area contributed by atoms with Crippen molar-refractivity contribution in [2.24, 2.45) is 0 Å². The van der Waals surface area contributed by atoms with E-state index in [4.69, 9.17) is 0 Å². The first kappa shape index (κ1) is 18.1. The highest BCUT2D eigenvalue weighted by atomic mass is 32.2. The number of unbranched alkanes of at least 4 members (excludes halogenated alkanes) is 1. The van der Waals surface area contributed by atoms with Crippen LogP contribution in [0.5, 0.6) is 0 Å². The molecule has 0 aromatic heterocycles. The van der Waals surface area contributed by atoms with Crippen LogP contribution in [0.2, 0.25) is 0 Å². The highest BCUT2D eigenvalue weighted by molar-refractivity contribution is 7.89. The monoisotopic (exact) mass is 312 g/mol. The third kappa shape index (κ3) is 4.53. The number of nitrogens with one attached hydrogen (secondary N) is 1. The van der Waals surface area contributed by atoms with Crippen LogP contribution in [0.3, 0.4) is 0 Å². The molecule has 1 atom stereocenters. The van der Waals surface area contributed by atoms with E-state index in [1.165, 1.54) is 0 Å². The van der Waals surface area contributed by atoms with Crippen molar-refractivity contribution >= 4 is 10.0 Å². The third-order valence-corrected chi connectivity index (χ3v) is 5.74. The van der Waals surface area contributed by atoms with Crippen LogP contribution in [0.1, 0.15) is 51.6 Å². The van der Waals surface area contributed by atoms with E-state index >= 15 is 0 Å². The van der Waals surface area contributed by atoms with Crippen molar-refractivity contribution in [2.45, 2.75) is 51.0 Å². The lowest BCUT2D eigenvalue weighted by Crippen LogP contribution is -2.32. The molecule has 5 heteroatoms. The summed E-state index contributed by atoms with van der Waals surface area (Å²) in [6.07, 6.45) is 2.80. The lowest BCUT2D eigenvalue weighted by Gasteiger charge is -2.21. The predicted molar refractivity (Wildman–Crippen MR) is 87.9 cm³/mol. The van der Waals surface area contributed by atoms with E-state index in [-0.39, 0.29) is 6.04 Å². The third-order valence-electron chi connectivity index (χ3n) is 3.77. The standard InChI is InChI=1S/C16H28N2O2S/c1-5-8-12-18(7-3)21(19,20)15-11-9-10-14(13-15)16(6-2)17-4/h9-11,13,16-17H,5-8,12H2,1-4H3. The Bertz CT molecular complexity index is 525. The number of benzene rings is 1. The summed E-state index contributed by atoms with van der Waals surface area (Å²) in [7, 11) is -1.49. The van der Waals surface area contributed by atoms with Crippen molar-refractivity contribution in [3.05, 3.63) is 29.8 Å². The van der Waals surface area contributed by atoms with Crippen LogP contribution in [-0.4, -0.2) is 32.9 Å². The Kier molecular flexibility index (Phi) is 7.35. The molecule has 1 aromatic rings. The minimum atomic E-state index is -3.39. The first-order valence-corrected chi connectivity index (χ1v) is 9.22. The Morgan fingerprint density at radius 2 is 1.95 bits per heavy atom. The number of nitrogens with zero attached hydrogens (tertiary/aromatic N) is 1. The fourth-order valence-corrected chi connectivity index (χ4v) is 3.97. The average molecular weight is 312 g/mol. The fourth-order valence-electron chi connectivity index (χ4n) is 2.43. The SMILES string of the molecule is CCCCN(CC)S(=O)(=O)c1cccc(C(CC)NC)c1. The molecular formula is C16H28N2O2S. The maximum Gasteiger partial charge on any atom is 0.243 e. The van der Waals surface area contributed by atoms with Gasteiger partial charge in [0, 0.05) is 19.1 Å². The Morgan fingerprint density at radius 1 is 1.24 bits per heavy atom. The second-order valence-electron chi connectivity index (χ2n) is 5.17. The maximum atomic E-state index is 12.7. The lowest BCUT2D eigenvalue weighted by molar-refractivity contribution is 0.418. The van der Waals surface area contributed by atoms with Gasteiger partial charge in [-0.25, -0.2) is 8.42 Å². The quantitative estimate of drug-likeness (QED) is 0.762. The second kappa shape index (κ2) is 8.51. The zero-order valence-electron chi connectivity index (χ0n) is 13.6. The first-order valence-electron chi connectivity index (χ1n) is 7.78. The summed E-state index contributed by atoms with van der Waals surface area (Å²) >= 11 is 0. The first-order chi connectivity index (χ1) is 10.0. The zero-order chi connectivity index (χ0) is 15.9. The van der Waals surface area contributed by atoms with Crippen LogP contribution in [-0.2, 0) is 10.0 Å². The smallest absolute Gasteiger partial charge is 0.243 e. The Balaban J connectivity index is 3.10. The summed E-state index contributed by atoms with van der Waals surface area (Å²) < 4.78 is 27.0. The molecule has 1 unspecified atom stereocenters. The van der Waals surface area contributed by atoms with Crippen LogP contribution in [0.15, 0.2) is 29.2 Å². The molecule has 120 valence electrons. The van der Waals surface area contributed by atoms with Crippen LogP contribution < -0.4 is 5.32 Å². The molecule has 0 aliphatic carbocycles. The summed E-state index contributed by atoms with van der Waals surface area (Å²) in [4.78, 5) is 0.395. The maximum absolute atomic E-state index is 12.7. The van der Waals surface area contributed by atoms with Gasteiger partial charge in [-0.15, -0.1) is 0 Å². The Labute approximate surface area is 129 Å². The van der Waals surface area contributed by atoms with Crippen molar-refractivity contribution < 1.29 is 8.42 Å².